The number of benzene rings is 2. The third kappa shape index (κ3) is 5.90. The van der Waals surface area contributed by atoms with Crippen LogP contribution in [0.5, 0.6) is 5.75 Å². The van der Waals surface area contributed by atoms with Crippen molar-refractivity contribution < 1.29 is 32.2 Å². The van der Waals surface area contributed by atoms with Crippen LogP contribution in [0.3, 0.4) is 0 Å². The molecule has 0 unspecified atom stereocenters. The summed E-state index contributed by atoms with van der Waals surface area (Å²) in [5.74, 6) is -0.422. The minimum atomic E-state index is -3.63. The van der Waals surface area contributed by atoms with E-state index in [1.165, 1.54) is 28.6 Å². The highest BCUT2D eigenvalue weighted by molar-refractivity contribution is 7.89. The second-order valence-electron chi connectivity index (χ2n) is 7.23. The summed E-state index contributed by atoms with van der Waals surface area (Å²) in [6.45, 7) is 4.66. The lowest BCUT2D eigenvalue weighted by Crippen LogP contribution is -2.40. The van der Waals surface area contributed by atoms with Crippen molar-refractivity contribution in [3.8, 4) is 5.75 Å². The number of esters is 1. The van der Waals surface area contributed by atoms with Crippen molar-refractivity contribution >= 4 is 21.8 Å². The summed E-state index contributed by atoms with van der Waals surface area (Å²) < 4.78 is 42.4. The summed E-state index contributed by atoms with van der Waals surface area (Å²) in [4.78, 5) is 24.6. The van der Waals surface area contributed by atoms with Gasteiger partial charge in [0, 0.05) is 18.7 Å². The molecule has 9 heteroatoms. The van der Waals surface area contributed by atoms with Gasteiger partial charge in [-0.15, -0.1) is 0 Å². The van der Waals surface area contributed by atoms with Crippen LogP contribution >= 0.6 is 0 Å². The van der Waals surface area contributed by atoms with Crippen molar-refractivity contribution in [2.75, 3.05) is 32.9 Å². The lowest BCUT2D eigenvalue weighted by Gasteiger charge is -2.26. The van der Waals surface area contributed by atoms with Crippen molar-refractivity contribution in [3.63, 3.8) is 0 Å². The van der Waals surface area contributed by atoms with E-state index in [1.807, 2.05) is 13.8 Å². The third-order valence-electron chi connectivity index (χ3n) is 4.58. The average Bonchev–Trinajstić information content (AvgIpc) is 2.78. The number of Topliss-reactive ketones (excluding diaryl/α,β-unsaturated/α-hetero) is 1. The third-order valence-corrected chi connectivity index (χ3v) is 6.49. The first kappa shape index (κ1) is 22.9. The Kier molecular flexibility index (Phi) is 7.42. The Hall–Kier alpha value is -2.75. The predicted molar refractivity (Wildman–Crippen MR) is 113 cm³/mol. The molecule has 1 aliphatic rings. The SMILES string of the molecule is CC(C)Oc1ccc(C(=O)OCC(=O)c2ccc(S(=O)(=O)N3CCOCC3)cc2)cc1. The lowest BCUT2D eigenvalue weighted by molar-refractivity contribution is 0.0474. The molecule has 0 saturated carbocycles. The second kappa shape index (κ2) is 10.0. The molecule has 166 valence electrons. The summed E-state index contributed by atoms with van der Waals surface area (Å²) in [5, 5.41) is 0. The van der Waals surface area contributed by atoms with Crippen LogP contribution in [-0.2, 0) is 19.5 Å². The molecule has 3 rings (SSSR count). The maximum Gasteiger partial charge on any atom is 0.338 e. The van der Waals surface area contributed by atoms with Crippen molar-refractivity contribution in [1.29, 1.82) is 0 Å². The standard InChI is InChI=1S/C22H25NO7S/c1-16(2)30-19-7-3-18(4-8-19)22(25)29-15-21(24)17-5-9-20(10-6-17)31(26,27)23-11-13-28-14-12-23/h3-10,16H,11-15H2,1-2H3. The van der Waals surface area contributed by atoms with Crippen LogP contribution in [-0.4, -0.2) is 63.5 Å². The highest BCUT2D eigenvalue weighted by Crippen LogP contribution is 2.18. The van der Waals surface area contributed by atoms with E-state index in [0.29, 0.717) is 37.6 Å². The molecule has 0 aliphatic carbocycles. The molecule has 1 saturated heterocycles. The number of ether oxygens (including phenoxy) is 3. The summed E-state index contributed by atoms with van der Waals surface area (Å²) >= 11 is 0. The average molecular weight is 448 g/mol. The molecule has 0 radical (unpaired) electrons. The van der Waals surface area contributed by atoms with E-state index < -0.39 is 28.4 Å². The smallest absolute Gasteiger partial charge is 0.338 e. The highest BCUT2D eigenvalue weighted by atomic mass is 32.2. The largest absolute Gasteiger partial charge is 0.491 e. The van der Waals surface area contributed by atoms with Gasteiger partial charge in [-0.3, -0.25) is 4.79 Å². The van der Waals surface area contributed by atoms with Gasteiger partial charge in [-0.05, 0) is 62.4 Å². The zero-order chi connectivity index (χ0) is 22.4. The summed E-state index contributed by atoms with van der Waals surface area (Å²) in [5.41, 5.74) is 0.560. The van der Waals surface area contributed by atoms with Gasteiger partial charge in [-0.2, -0.15) is 4.31 Å². The number of morpholine rings is 1. The van der Waals surface area contributed by atoms with Crippen molar-refractivity contribution in [3.05, 3.63) is 59.7 Å². The molecule has 2 aromatic carbocycles. The Labute approximate surface area is 181 Å². The molecule has 0 bridgehead atoms. The molecule has 0 aromatic heterocycles. The molecular formula is C22H25NO7S. The number of ketones is 1. The Bertz CT molecular complexity index is 1010. The van der Waals surface area contributed by atoms with Crippen LogP contribution < -0.4 is 4.74 Å². The summed E-state index contributed by atoms with van der Waals surface area (Å²) in [7, 11) is -3.63. The van der Waals surface area contributed by atoms with Crippen LogP contribution in [0.15, 0.2) is 53.4 Å². The predicted octanol–water partition coefficient (Wildman–Crippen LogP) is 2.53. The van der Waals surface area contributed by atoms with Crippen LogP contribution in [0.25, 0.3) is 0 Å². The van der Waals surface area contributed by atoms with Gasteiger partial charge >= 0.3 is 5.97 Å². The van der Waals surface area contributed by atoms with E-state index in [-0.39, 0.29) is 16.6 Å². The van der Waals surface area contributed by atoms with E-state index in [2.05, 4.69) is 0 Å². The Morgan fingerprint density at radius 3 is 2.13 bits per heavy atom. The van der Waals surface area contributed by atoms with Crippen LogP contribution in [0.1, 0.15) is 34.6 Å². The van der Waals surface area contributed by atoms with E-state index in [1.54, 1.807) is 24.3 Å². The van der Waals surface area contributed by atoms with Gasteiger partial charge in [0.2, 0.25) is 10.0 Å². The lowest BCUT2D eigenvalue weighted by atomic mass is 10.1. The number of sulfonamides is 1. The quantitative estimate of drug-likeness (QED) is 0.453. The van der Waals surface area contributed by atoms with E-state index >= 15 is 0 Å². The molecule has 1 fully saturated rings. The fraction of sp³-hybridized carbons (Fsp3) is 0.364. The molecule has 31 heavy (non-hydrogen) atoms. The van der Waals surface area contributed by atoms with Crippen molar-refractivity contribution in [2.45, 2.75) is 24.8 Å². The molecule has 2 aromatic rings. The fourth-order valence-electron chi connectivity index (χ4n) is 2.99. The van der Waals surface area contributed by atoms with Crippen LogP contribution in [0.4, 0.5) is 0 Å². The summed E-state index contributed by atoms with van der Waals surface area (Å²) in [6, 6.07) is 12.0. The number of hydrogen-bond donors (Lipinski definition) is 0. The monoisotopic (exact) mass is 447 g/mol. The minimum absolute atomic E-state index is 0.0191. The molecule has 8 nitrogen and oxygen atoms in total. The number of carbonyl (C=O) groups is 2. The van der Waals surface area contributed by atoms with Crippen molar-refractivity contribution in [1.82, 2.24) is 4.31 Å². The first-order valence-electron chi connectivity index (χ1n) is 9.92. The zero-order valence-electron chi connectivity index (χ0n) is 17.4. The number of carbonyl (C=O) groups excluding carboxylic acids is 2. The van der Waals surface area contributed by atoms with Gasteiger partial charge in [-0.1, -0.05) is 0 Å². The Balaban J connectivity index is 1.57. The van der Waals surface area contributed by atoms with Gasteiger partial charge in [0.1, 0.15) is 5.75 Å². The fourth-order valence-corrected chi connectivity index (χ4v) is 4.40. The Morgan fingerprint density at radius 1 is 0.968 bits per heavy atom. The molecule has 1 aliphatic heterocycles. The van der Waals surface area contributed by atoms with Crippen LogP contribution in [0, 0.1) is 0 Å². The topological polar surface area (TPSA) is 99.2 Å². The Morgan fingerprint density at radius 2 is 1.55 bits per heavy atom. The highest BCUT2D eigenvalue weighted by Gasteiger charge is 2.26. The van der Waals surface area contributed by atoms with Gasteiger partial charge < -0.3 is 14.2 Å². The molecule has 0 amide bonds. The van der Waals surface area contributed by atoms with Gasteiger partial charge in [0.05, 0.1) is 29.8 Å². The zero-order valence-corrected chi connectivity index (χ0v) is 18.3. The first-order valence-corrected chi connectivity index (χ1v) is 11.4. The number of hydrogen-bond acceptors (Lipinski definition) is 7. The summed E-state index contributed by atoms with van der Waals surface area (Å²) in [6.07, 6.45) is 0.0191. The molecule has 0 atom stereocenters. The molecular weight excluding hydrogens is 422 g/mol. The minimum Gasteiger partial charge on any atom is -0.491 e. The molecule has 0 spiro atoms. The van der Waals surface area contributed by atoms with Crippen LogP contribution in [0.2, 0.25) is 0 Å². The van der Waals surface area contributed by atoms with Gasteiger partial charge in [0.15, 0.2) is 12.4 Å². The number of rotatable bonds is 8. The van der Waals surface area contributed by atoms with E-state index in [9.17, 15) is 18.0 Å². The molecule has 1 heterocycles. The first-order chi connectivity index (χ1) is 14.8. The normalized spacial score (nSPS) is 14.9. The van der Waals surface area contributed by atoms with E-state index in [0.717, 1.165) is 0 Å². The van der Waals surface area contributed by atoms with Crippen molar-refractivity contribution in [2.24, 2.45) is 0 Å². The molecule has 0 N–H and O–H groups in total. The second-order valence-corrected chi connectivity index (χ2v) is 9.17. The van der Waals surface area contributed by atoms with Gasteiger partial charge in [-0.25, -0.2) is 13.2 Å². The van der Waals surface area contributed by atoms with E-state index in [4.69, 9.17) is 14.2 Å². The van der Waals surface area contributed by atoms with Gasteiger partial charge in [0.25, 0.3) is 0 Å². The maximum atomic E-state index is 12.6. The maximum absolute atomic E-state index is 12.6. The number of nitrogens with zero attached hydrogens (tertiary/aromatic N) is 1.